The second kappa shape index (κ2) is 9.83. The Bertz CT molecular complexity index is 182. The molecule has 0 amide bonds. The van der Waals surface area contributed by atoms with Crippen molar-refractivity contribution >= 4 is 0 Å². The highest BCUT2D eigenvalue weighted by atomic mass is 14.6. The van der Waals surface area contributed by atoms with Crippen molar-refractivity contribution in [2.24, 2.45) is 17.6 Å². The molecule has 1 atom stereocenters. The third kappa shape index (κ3) is 6.22. The van der Waals surface area contributed by atoms with E-state index in [0.29, 0.717) is 6.04 Å². The van der Waals surface area contributed by atoms with Gasteiger partial charge in [0.1, 0.15) is 0 Å². The number of nitrogens with two attached hydrogens (primary N) is 1. The molecule has 0 aromatic heterocycles. The van der Waals surface area contributed by atoms with Crippen molar-refractivity contribution in [1.29, 1.82) is 0 Å². The lowest BCUT2D eigenvalue weighted by Gasteiger charge is -2.32. The van der Waals surface area contributed by atoms with Crippen molar-refractivity contribution in [2.75, 3.05) is 0 Å². The van der Waals surface area contributed by atoms with Crippen molar-refractivity contribution in [3.05, 3.63) is 0 Å². The summed E-state index contributed by atoms with van der Waals surface area (Å²) < 4.78 is 0. The van der Waals surface area contributed by atoms with Crippen molar-refractivity contribution in [1.82, 2.24) is 0 Å². The van der Waals surface area contributed by atoms with Crippen LogP contribution in [-0.2, 0) is 0 Å². The molecule has 108 valence electrons. The van der Waals surface area contributed by atoms with Gasteiger partial charge in [0.15, 0.2) is 0 Å². The Morgan fingerprint density at radius 3 is 2.11 bits per heavy atom. The minimum absolute atomic E-state index is 0.507. The molecule has 1 nitrogen and oxygen atoms in total. The van der Waals surface area contributed by atoms with Gasteiger partial charge in [0.05, 0.1) is 0 Å². The molecule has 1 rings (SSSR count). The Morgan fingerprint density at radius 1 is 0.833 bits per heavy atom. The molecule has 1 heteroatoms. The van der Waals surface area contributed by atoms with E-state index in [1.807, 2.05) is 0 Å². The van der Waals surface area contributed by atoms with E-state index < -0.39 is 0 Å². The summed E-state index contributed by atoms with van der Waals surface area (Å²) in [5.74, 6) is 2.00. The largest absolute Gasteiger partial charge is 0.328 e. The van der Waals surface area contributed by atoms with Crippen LogP contribution in [0.3, 0.4) is 0 Å². The molecule has 18 heavy (non-hydrogen) atoms. The monoisotopic (exact) mass is 253 g/mol. The van der Waals surface area contributed by atoms with Gasteiger partial charge in [-0.3, -0.25) is 0 Å². The Labute approximate surface area is 115 Å². The van der Waals surface area contributed by atoms with E-state index in [2.05, 4.69) is 13.8 Å². The van der Waals surface area contributed by atoms with Gasteiger partial charge >= 0.3 is 0 Å². The third-order valence-corrected chi connectivity index (χ3v) is 4.82. The Hall–Kier alpha value is -0.0400. The van der Waals surface area contributed by atoms with Gasteiger partial charge in [0.25, 0.3) is 0 Å². The quantitative estimate of drug-likeness (QED) is 0.556. The summed E-state index contributed by atoms with van der Waals surface area (Å²) in [6.07, 6.45) is 16.8. The number of unbranched alkanes of at least 4 members (excludes halogenated alkanes) is 4. The molecule has 0 aliphatic heterocycles. The standard InChI is InChI=1S/C17H35N/c1-3-5-6-7-8-10-15(9-4-2)16-11-13-17(18)14-12-16/h15-17H,3-14,18H2,1-2H3. The van der Waals surface area contributed by atoms with Crippen LogP contribution >= 0.6 is 0 Å². The average Bonchev–Trinajstić information content (AvgIpc) is 2.38. The van der Waals surface area contributed by atoms with Crippen molar-refractivity contribution in [3.63, 3.8) is 0 Å². The number of hydrogen-bond acceptors (Lipinski definition) is 1. The summed E-state index contributed by atoms with van der Waals surface area (Å²) in [4.78, 5) is 0. The highest BCUT2D eigenvalue weighted by Crippen LogP contribution is 2.35. The molecule has 0 radical (unpaired) electrons. The van der Waals surface area contributed by atoms with Crippen LogP contribution in [0.4, 0.5) is 0 Å². The van der Waals surface area contributed by atoms with E-state index in [4.69, 9.17) is 5.73 Å². The van der Waals surface area contributed by atoms with Gasteiger partial charge < -0.3 is 5.73 Å². The summed E-state index contributed by atoms with van der Waals surface area (Å²) in [6, 6.07) is 0.507. The fourth-order valence-corrected chi connectivity index (χ4v) is 3.61. The van der Waals surface area contributed by atoms with Gasteiger partial charge in [-0.2, -0.15) is 0 Å². The molecule has 1 saturated carbocycles. The first-order valence-electron chi connectivity index (χ1n) is 8.53. The zero-order chi connectivity index (χ0) is 13.2. The number of rotatable bonds is 9. The lowest BCUT2D eigenvalue weighted by Crippen LogP contribution is -2.29. The third-order valence-electron chi connectivity index (χ3n) is 4.82. The smallest absolute Gasteiger partial charge is 0.00390 e. The van der Waals surface area contributed by atoms with Crippen LogP contribution in [0.5, 0.6) is 0 Å². The second-order valence-corrected chi connectivity index (χ2v) is 6.43. The summed E-state index contributed by atoms with van der Waals surface area (Å²) in [5.41, 5.74) is 6.03. The highest BCUT2D eigenvalue weighted by Gasteiger charge is 2.25. The van der Waals surface area contributed by atoms with Crippen molar-refractivity contribution in [3.8, 4) is 0 Å². The first kappa shape index (κ1) is 16.0. The normalized spacial score (nSPS) is 26.2. The van der Waals surface area contributed by atoms with E-state index >= 15 is 0 Å². The summed E-state index contributed by atoms with van der Waals surface area (Å²) in [6.45, 7) is 4.64. The molecule has 0 aromatic rings. The first-order chi connectivity index (χ1) is 8.77. The van der Waals surface area contributed by atoms with Crippen molar-refractivity contribution < 1.29 is 0 Å². The molecule has 0 aromatic carbocycles. The molecule has 0 saturated heterocycles. The van der Waals surface area contributed by atoms with E-state index in [1.165, 1.54) is 77.0 Å². The maximum absolute atomic E-state index is 6.03. The van der Waals surface area contributed by atoms with E-state index in [-0.39, 0.29) is 0 Å². The lowest BCUT2D eigenvalue weighted by molar-refractivity contribution is 0.206. The van der Waals surface area contributed by atoms with Gasteiger partial charge in [0.2, 0.25) is 0 Å². The van der Waals surface area contributed by atoms with Crippen molar-refractivity contribution in [2.45, 2.75) is 96.9 Å². The van der Waals surface area contributed by atoms with Crippen LogP contribution in [0.1, 0.15) is 90.9 Å². The highest BCUT2D eigenvalue weighted by molar-refractivity contribution is 4.79. The van der Waals surface area contributed by atoms with Crippen LogP contribution in [-0.4, -0.2) is 6.04 Å². The predicted molar refractivity (Wildman–Crippen MR) is 81.7 cm³/mol. The molecule has 0 bridgehead atoms. The van der Waals surface area contributed by atoms with E-state index in [9.17, 15) is 0 Å². The van der Waals surface area contributed by atoms with Crippen LogP contribution in [0.25, 0.3) is 0 Å². The second-order valence-electron chi connectivity index (χ2n) is 6.43. The fraction of sp³-hybridized carbons (Fsp3) is 1.00. The number of hydrogen-bond donors (Lipinski definition) is 1. The molecular formula is C17H35N. The molecular weight excluding hydrogens is 218 g/mol. The lowest BCUT2D eigenvalue weighted by atomic mass is 9.75. The van der Waals surface area contributed by atoms with Crippen LogP contribution < -0.4 is 5.73 Å². The minimum Gasteiger partial charge on any atom is -0.328 e. The van der Waals surface area contributed by atoms with Gasteiger partial charge in [-0.05, 0) is 37.5 Å². The van der Waals surface area contributed by atoms with Crippen LogP contribution in [0, 0.1) is 11.8 Å². The molecule has 1 fully saturated rings. The fourth-order valence-electron chi connectivity index (χ4n) is 3.61. The maximum atomic E-state index is 6.03. The Morgan fingerprint density at radius 2 is 1.50 bits per heavy atom. The van der Waals surface area contributed by atoms with Gasteiger partial charge in [0, 0.05) is 6.04 Å². The predicted octanol–water partition coefficient (Wildman–Crippen LogP) is 5.28. The molecule has 1 aliphatic carbocycles. The molecule has 1 aliphatic rings. The van der Waals surface area contributed by atoms with Gasteiger partial charge in [-0.25, -0.2) is 0 Å². The van der Waals surface area contributed by atoms with Gasteiger partial charge in [-0.1, -0.05) is 65.2 Å². The van der Waals surface area contributed by atoms with Crippen LogP contribution in [0.2, 0.25) is 0 Å². The SMILES string of the molecule is CCCCCCCC(CCC)C1CCC(N)CC1. The molecule has 0 heterocycles. The maximum Gasteiger partial charge on any atom is 0.00390 e. The zero-order valence-corrected chi connectivity index (χ0v) is 12.8. The van der Waals surface area contributed by atoms with E-state index in [0.717, 1.165) is 11.8 Å². The summed E-state index contributed by atoms with van der Waals surface area (Å²) in [7, 11) is 0. The van der Waals surface area contributed by atoms with E-state index in [1.54, 1.807) is 0 Å². The average molecular weight is 253 g/mol. The minimum atomic E-state index is 0.507. The Kier molecular flexibility index (Phi) is 8.75. The molecule has 1 unspecified atom stereocenters. The molecule has 2 N–H and O–H groups in total. The summed E-state index contributed by atoms with van der Waals surface area (Å²) >= 11 is 0. The van der Waals surface area contributed by atoms with Crippen LogP contribution in [0.15, 0.2) is 0 Å². The van der Waals surface area contributed by atoms with Gasteiger partial charge in [-0.15, -0.1) is 0 Å². The summed E-state index contributed by atoms with van der Waals surface area (Å²) in [5, 5.41) is 0. The Balaban J connectivity index is 2.21. The zero-order valence-electron chi connectivity index (χ0n) is 12.8. The topological polar surface area (TPSA) is 26.0 Å². The molecule has 0 spiro atoms. The first-order valence-corrected chi connectivity index (χ1v) is 8.53.